The first-order valence-electron chi connectivity index (χ1n) is 5.06. The van der Waals surface area contributed by atoms with E-state index in [2.05, 4.69) is 0 Å². The van der Waals surface area contributed by atoms with E-state index in [-0.39, 0.29) is 11.7 Å². The van der Waals surface area contributed by atoms with Crippen LogP contribution in [0.4, 0.5) is 0 Å². The van der Waals surface area contributed by atoms with Gasteiger partial charge in [-0.2, -0.15) is 0 Å². The third kappa shape index (κ3) is 2.91. The Balaban J connectivity index is 2.95. The Morgan fingerprint density at radius 2 is 2.13 bits per heavy atom. The maximum atomic E-state index is 11.8. The molecule has 1 atom stereocenters. The van der Waals surface area contributed by atoms with Crippen LogP contribution in [-0.2, 0) is 0 Å². The van der Waals surface area contributed by atoms with E-state index in [1.54, 1.807) is 18.2 Å². The third-order valence-corrected chi connectivity index (χ3v) is 2.53. The molecule has 4 heteroatoms. The fourth-order valence-corrected chi connectivity index (χ4v) is 1.32. The topological polar surface area (TPSA) is 57.5 Å². The largest absolute Gasteiger partial charge is 0.488 e. The van der Waals surface area contributed by atoms with Gasteiger partial charge in [0.05, 0.1) is 0 Å². The maximum Gasteiger partial charge on any atom is 0.488 e. The van der Waals surface area contributed by atoms with Gasteiger partial charge in [0.1, 0.15) is 0 Å². The molecule has 0 amide bonds. The molecule has 0 aliphatic carbocycles. The van der Waals surface area contributed by atoms with Crippen molar-refractivity contribution in [2.75, 3.05) is 0 Å². The van der Waals surface area contributed by atoms with Crippen LogP contribution in [0.2, 0.25) is 0 Å². The molecule has 3 nitrogen and oxygen atoms in total. The molecule has 15 heavy (non-hydrogen) atoms. The lowest BCUT2D eigenvalue weighted by Gasteiger charge is -2.08. The highest BCUT2D eigenvalue weighted by Crippen LogP contribution is 2.10. The normalized spacial score (nSPS) is 12.3. The number of benzene rings is 1. The fraction of sp³-hybridized carbons (Fsp3) is 0.364. The van der Waals surface area contributed by atoms with Crippen molar-refractivity contribution >= 4 is 18.4 Å². The summed E-state index contributed by atoms with van der Waals surface area (Å²) in [6.07, 6.45) is 0.782. The van der Waals surface area contributed by atoms with Gasteiger partial charge in [-0.3, -0.25) is 4.79 Å². The van der Waals surface area contributed by atoms with Crippen molar-refractivity contribution in [3.8, 4) is 0 Å². The number of rotatable bonds is 4. The molecule has 0 radical (unpaired) electrons. The van der Waals surface area contributed by atoms with Crippen LogP contribution in [0.1, 0.15) is 30.6 Å². The highest BCUT2D eigenvalue weighted by molar-refractivity contribution is 6.58. The summed E-state index contributed by atoms with van der Waals surface area (Å²) in [7, 11) is -1.52. The Morgan fingerprint density at radius 3 is 2.67 bits per heavy atom. The summed E-state index contributed by atoms with van der Waals surface area (Å²) < 4.78 is 0. The molecule has 0 bridgehead atoms. The predicted octanol–water partition coefficient (Wildman–Crippen LogP) is 0.595. The number of Topliss-reactive ketones (excluding diaryl/α,β-unsaturated/α-hetero) is 1. The van der Waals surface area contributed by atoms with Gasteiger partial charge in [-0.15, -0.1) is 0 Å². The summed E-state index contributed by atoms with van der Waals surface area (Å²) in [6, 6.07) is 6.46. The number of carbonyl (C=O) groups excluding carboxylic acids is 1. The van der Waals surface area contributed by atoms with Crippen LogP contribution < -0.4 is 5.46 Å². The zero-order chi connectivity index (χ0) is 11.4. The molecule has 0 aromatic heterocycles. The van der Waals surface area contributed by atoms with Crippen molar-refractivity contribution in [3.05, 3.63) is 29.8 Å². The van der Waals surface area contributed by atoms with E-state index in [0.717, 1.165) is 6.42 Å². The van der Waals surface area contributed by atoms with Gasteiger partial charge in [0.15, 0.2) is 5.78 Å². The Kier molecular flexibility index (Phi) is 4.06. The Morgan fingerprint density at radius 1 is 1.47 bits per heavy atom. The molecule has 0 saturated carbocycles. The van der Waals surface area contributed by atoms with Gasteiger partial charge in [-0.1, -0.05) is 38.1 Å². The molecule has 1 rings (SSSR count). The summed E-state index contributed by atoms with van der Waals surface area (Å²) in [4.78, 5) is 11.8. The van der Waals surface area contributed by atoms with Crippen molar-refractivity contribution in [3.63, 3.8) is 0 Å². The highest BCUT2D eigenvalue weighted by atomic mass is 16.4. The van der Waals surface area contributed by atoms with Crippen molar-refractivity contribution in [2.45, 2.75) is 20.3 Å². The third-order valence-electron chi connectivity index (χ3n) is 2.53. The summed E-state index contributed by atoms with van der Waals surface area (Å²) in [5, 5.41) is 17.9. The summed E-state index contributed by atoms with van der Waals surface area (Å²) >= 11 is 0. The Bertz CT molecular complexity index is 349. The highest BCUT2D eigenvalue weighted by Gasteiger charge is 2.16. The first-order chi connectivity index (χ1) is 7.06. The number of hydrogen-bond acceptors (Lipinski definition) is 3. The summed E-state index contributed by atoms with van der Waals surface area (Å²) in [5.41, 5.74) is 0.888. The molecular formula is C11H15BO3. The second-order valence-corrected chi connectivity index (χ2v) is 3.67. The SMILES string of the molecule is CCC(C)C(=O)c1cccc(B(O)O)c1. The number of ketones is 1. The second-order valence-electron chi connectivity index (χ2n) is 3.67. The molecule has 0 spiro atoms. The fourth-order valence-electron chi connectivity index (χ4n) is 1.32. The van der Waals surface area contributed by atoms with Crippen LogP contribution in [0.5, 0.6) is 0 Å². The molecule has 1 aromatic carbocycles. The van der Waals surface area contributed by atoms with Gasteiger partial charge in [-0.05, 0) is 11.9 Å². The van der Waals surface area contributed by atoms with E-state index in [4.69, 9.17) is 10.0 Å². The van der Waals surface area contributed by atoms with E-state index in [1.807, 2.05) is 13.8 Å². The molecule has 1 unspecified atom stereocenters. The standard InChI is InChI=1S/C11H15BO3/c1-3-8(2)11(13)9-5-4-6-10(7-9)12(14)15/h4-8,14-15H,3H2,1-2H3. The van der Waals surface area contributed by atoms with Gasteiger partial charge in [0.25, 0.3) is 0 Å². The van der Waals surface area contributed by atoms with Gasteiger partial charge in [-0.25, -0.2) is 0 Å². The van der Waals surface area contributed by atoms with E-state index in [1.165, 1.54) is 6.07 Å². The van der Waals surface area contributed by atoms with Crippen LogP contribution in [0.25, 0.3) is 0 Å². The Labute approximate surface area is 89.9 Å². The van der Waals surface area contributed by atoms with E-state index < -0.39 is 7.12 Å². The van der Waals surface area contributed by atoms with Crippen molar-refractivity contribution < 1.29 is 14.8 Å². The Hall–Kier alpha value is -1.13. The van der Waals surface area contributed by atoms with Crippen LogP contribution in [0.15, 0.2) is 24.3 Å². The summed E-state index contributed by atoms with van der Waals surface area (Å²) in [5.74, 6) is 0.0103. The molecule has 80 valence electrons. The number of hydrogen-bond donors (Lipinski definition) is 2. The van der Waals surface area contributed by atoms with E-state index in [9.17, 15) is 4.79 Å². The molecule has 0 saturated heterocycles. The average Bonchev–Trinajstić information content (AvgIpc) is 2.27. The van der Waals surface area contributed by atoms with Gasteiger partial charge < -0.3 is 10.0 Å². The lowest BCUT2D eigenvalue weighted by Crippen LogP contribution is -2.30. The lowest BCUT2D eigenvalue weighted by atomic mass is 9.79. The summed E-state index contributed by atoms with van der Waals surface area (Å²) in [6.45, 7) is 3.82. The average molecular weight is 206 g/mol. The van der Waals surface area contributed by atoms with Crippen LogP contribution in [0.3, 0.4) is 0 Å². The van der Waals surface area contributed by atoms with Crippen LogP contribution >= 0.6 is 0 Å². The minimum atomic E-state index is -1.52. The first-order valence-corrected chi connectivity index (χ1v) is 5.06. The van der Waals surface area contributed by atoms with Crippen LogP contribution in [0, 0.1) is 5.92 Å². The quantitative estimate of drug-likeness (QED) is 0.560. The minimum absolute atomic E-state index is 0.0314. The predicted molar refractivity (Wildman–Crippen MR) is 60.1 cm³/mol. The molecule has 2 N–H and O–H groups in total. The molecular weight excluding hydrogens is 191 g/mol. The van der Waals surface area contributed by atoms with E-state index in [0.29, 0.717) is 11.0 Å². The van der Waals surface area contributed by atoms with E-state index >= 15 is 0 Å². The monoisotopic (exact) mass is 206 g/mol. The smallest absolute Gasteiger partial charge is 0.423 e. The van der Waals surface area contributed by atoms with Crippen molar-refractivity contribution in [2.24, 2.45) is 5.92 Å². The zero-order valence-electron chi connectivity index (χ0n) is 8.97. The molecule has 0 aliphatic heterocycles. The molecule has 1 aromatic rings. The molecule has 0 heterocycles. The van der Waals surface area contributed by atoms with Crippen LogP contribution in [-0.4, -0.2) is 22.9 Å². The maximum absolute atomic E-state index is 11.8. The lowest BCUT2D eigenvalue weighted by molar-refractivity contribution is 0.0927. The second kappa shape index (κ2) is 5.10. The zero-order valence-corrected chi connectivity index (χ0v) is 8.97. The molecule has 0 fully saturated rings. The van der Waals surface area contributed by atoms with Crippen molar-refractivity contribution in [1.82, 2.24) is 0 Å². The molecule has 0 aliphatic rings. The van der Waals surface area contributed by atoms with Gasteiger partial charge >= 0.3 is 7.12 Å². The minimum Gasteiger partial charge on any atom is -0.423 e. The first kappa shape index (κ1) is 11.9. The van der Waals surface area contributed by atoms with Gasteiger partial charge in [0.2, 0.25) is 0 Å². The number of carbonyl (C=O) groups is 1. The van der Waals surface area contributed by atoms with Crippen molar-refractivity contribution in [1.29, 1.82) is 0 Å². The van der Waals surface area contributed by atoms with Gasteiger partial charge in [0, 0.05) is 11.5 Å².